The van der Waals surface area contributed by atoms with Crippen LogP contribution in [0.4, 0.5) is 14.5 Å². The number of carbonyl (C=O) groups is 1. The fourth-order valence-electron chi connectivity index (χ4n) is 3.86. The standard InChI is InChI=1S/C22H25F2N3O3/c1-22(2,3)11-25-7-12-8-26(9-12)19-16(23)6-14-18(17(19)24)27(13-4-5-13)10-15(20(14)28)21(29)30/h6,10-13H,4-5,7-9H2,1-3H3,(H,29,30)/b25-11+. The Morgan fingerprint density at radius 3 is 2.53 bits per heavy atom. The first-order valence-corrected chi connectivity index (χ1v) is 10.1. The molecule has 6 nitrogen and oxygen atoms in total. The van der Waals surface area contributed by atoms with Crippen molar-refractivity contribution >= 4 is 28.8 Å². The number of hydrogen-bond acceptors (Lipinski definition) is 4. The Kier molecular flexibility index (Phi) is 4.91. The molecule has 0 amide bonds. The highest BCUT2D eigenvalue weighted by atomic mass is 19.1. The van der Waals surface area contributed by atoms with E-state index in [1.54, 1.807) is 4.90 Å². The molecule has 160 valence electrons. The van der Waals surface area contributed by atoms with Gasteiger partial charge in [0.05, 0.1) is 10.9 Å². The molecule has 0 radical (unpaired) electrons. The summed E-state index contributed by atoms with van der Waals surface area (Å²) in [6.45, 7) is 7.71. The molecular weight excluding hydrogens is 392 g/mol. The summed E-state index contributed by atoms with van der Waals surface area (Å²) in [5.74, 6) is -2.85. The maximum atomic E-state index is 15.5. The number of fused-ring (bicyclic) bond motifs is 1. The second-order valence-corrected chi connectivity index (χ2v) is 9.36. The van der Waals surface area contributed by atoms with E-state index >= 15 is 4.39 Å². The number of hydrogen-bond donors (Lipinski definition) is 1. The van der Waals surface area contributed by atoms with Gasteiger partial charge in [-0.1, -0.05) is 20.8 Å². The van der Waals surface area contributed by atoms with Crippen LogP contribution in [0.3, 0.4) is 0 Å². The summed E-state index contributed by atoms with van der Waals surface area (Å²) >= 11 is 0. The number of pyridine rings is 1. The summed E-state index contributed by atoms with van der Waals surface area (Å²) in [5.41, 5.74) is -1.52. The molecule has 30 heavy (non-hydrogen) atoms. The Balaban J connectivity index is 1.69. The van der Waals surface area contributed by atoms with Crippen LogP contribution < -0.4 is 10.3 Å². The molecule has 1 N–H and O–H groups in total. The van der Waals surface area contributed by atoms with Gasteiger partial charge in [0.2, 0.25) is 5.43 Å². The highest BCUT2D eigenvalue weighted by Gasteiger charge is 2.34. The van der Waals surface area contributed by atoms with Gasteiger partial charge in [-0.25, -0.2) is 13.6 Å². The SMILES string of the molecule is CC(C)(C)/C=N/CC1CN(c2c(F)cc3c(=O)c(C(=O)O)cn(C4CC4)c3c2F)C1. The van der Waals surface area contributed by atoms with Crippen molar-refractivity contribution in [1.29, 1.82) is 0 Å². The first-order valence-electron chi connectivity index (χ1n) is 10.1. The van der Waals surface area contributed by atoms with Crippen molar-refractivity contribution in [3.63, 3.8) is 0 Å². The lowest BCUT2D eigenvalue weighted by atomic mass is 9.97. The normalized spacial score (nSPS) is 17.7. The zero-order chi connectivity index (χ0) is 21.8. The van der Waals surface area contributed by atoms with Crippen molar-refractivity contribution < 1.29 is 18.7 Å². The molecule has 2 fully saturated rings. The summed E-state index contributed by atoms with van der Waals surface area (Å²) in [7, 11) is 0. The van der Waals surface area contributed by atoms with Gasteiger partial charge in [-0.15, -0.1) is 0 Å². The van der Waals surface area contributed by atoms with Gasteiger partial charge in [0.1, 0.15) is 17.1 Å². The maximum absolute atomic E-state index is 15.5. The molecule has 1 aromatic heterocycles. The minimum atomic E-state index is -1.40. The van der Waals surface area contributed by atoms with Crippen LogP contribution in [0.2, 0.25) is 0 Å². The highest BCUT2D eigenvalue weighted by Crippen LogP contribution is 2.40. The van der Waals surface area contributed by atoms with Crippen molar-refractivity contribution in [2.75, 3.05) is 24.5 Å². The third-order valence-electron chi connectivity index (χ3n) is 5.47. The van der Waals surface area contributed by atoms with Crippen LogP contribution >= 0.6 is 0 Å². The average molecular weight is 417 g/mol. The van der Waals surface area contributed by atoms with E-state index in [-0.39, 0.29) is 34.0 Å². The summed E-state index contributed by atoms with van der Waals surface area (Å²) < 4.78 is 31.8. The molecule has 8 heteroatoms. The molecule has 1 aromatic carbocycles. The number of aromatic nitrogens is 1. The number of aromatic carboxylic acids is 1. The van der Waals surface area contributed by atoms with Crippen LogP contribution in [0.15, 0.2) is 22.1 Å². The van der Waals surface area contributed by atoms with E-state index < -0.39 is 28.6 Å². The van der Waals surface area contributed by atoms with Crippen molar-refractivity contribution in [3.8, 4) is 0 Å². The minimum absolute atomic E-state index is 0.0126. The molecule has 4 rings (SSSR count). The molecule has 0 bridgehead atoms. The first kappa shape index (κ1) is 20.5. The quantitative estimate of drug-likeness (QED) is 0.750. The Bertz CT molecular complexity index is 1110. The number of carboxylic acids is 1. The largest absolute Gasteiger partial charge is 0.477 e. The van der Waals surface area contributed by atoms with E-state index in [9.17, 15) is 19.1 Å². The number of carboxylic acid groups (broad SMARTS) is 1. The van der Waals surface area contributed by atoms with E-state index in [1.807, 2.05) is 6.21 Å². The number of benzene rings is 1. The molecule has 1 aliphatic carbocycles. The Hall–Kier alpha value is -2.77. The van der Waals surface area contributed by atoms with Gasteiger partial charge < -0.3 is 14.6 Å². The van der Waals surface area contributed by atoms with Crippen molar-refractivity contribution in [1.82, 2.24) is 4.57 Å². The minimum Gasteiger partial charge on any atom is -0.477 e. The average Bonchev–Trinajstić information content (AvgIpc) is 3.43. The first-order chi connectivity index (χ1) is 14.1. The number of nitrogens with zero attached hydrogens (tertiary/aromatic N) is 3. The monoisotopic (exact) mass is 417 g/mol. The molecule has 2 aromatic rings. The number of rotatable bonds is 5. The van der Waals surface area contributed by atoms with Crippen LogP contribution in [0.25, 0.3) is 10.9 Å². The maximum Gasteiger partial charge on any atom is 0.341 e. The number of halogens is 2. The molecule has 1 saturated carbocycles. The van der Waals surface area contributed by atoms with Crippen LogP contribution in [0.1, 0.15) is 50.0 Å². The summed E-state index contributed by atoms with van der Waals surface area (Å²) in [5, 5.41) is 9.08. The summed E-state index contributed by atoms with van der Waals surface area (Å²) in [4.78, 5) is 30.0. The topological polar surface area (TPSA) is 74.9 Å². The van der Waals surface area contributed by atoms with Crippen LogP contribution in [0, 0.1) is 23.0 Å². The zero-order valence-electron chi connectivity index (χ0n) is 17.3. The van der Waals surface area contributed by atoms with Crippen molar-refractivity contribution in [2.24, 2.45) is 16.3 Å². The lowest BCUT2D eigenvalue weighted by Gasteiger charge is -2.40. The lowest BCUT2D eigenvalue weighted by molar-refractivity contribution is 0.0694. The zero-order valence-corrected chi connectivity index (χ0v) is 17.3. The smallest absolute Gasteiger partial charge is 0.341 e. The molecule has 2 heterocycles. The number of anilines is 1. The van der Waals surface area contributed by atoms with Gasteiger partial charge in [0.25, 0.3) is 0 Å². The lowest BCUT2D eigenvalue weighted by Crippen LogP contribution is -2.49. The Morgan fingerprint density at radius 2 is 1.97 bits per heavy atom. The van der Waals surface area contributed by atoms with Crippen LogP contribution in [-0.4, -0.2) is 41.5 Å². The fourth-order valence-corrected chi connectivity index (χ4v) is 3.86. The molecule has 0 spiro atoms. The van der Waals surface area contributed by atoms with Gasteiger partial charge in [-0.05, 0) is 24.3 Å². The predicted molar refractivity (Wildman–Crippen MR) is 112 cm³/mol. The van der Waals surface area contributed by atoms with Gasteiger partial charge in [0.15, 0.2) is 5.82 Å². The Morgan fingerprint density at radius 1 is 1.30 bits per heavy atom. The van der Waals surface area contributed by atoms with Gasteiger partial charge in [-0.3, -0.25) is 9.79 Å². The van der Waals surface area contributed by atoms with E-state index in [2.05, 4.69) is 25.8 Å². The van der Waals surface area contributed by atoms with E-state index in [4.69, 9.17) is 0 Å². The van der Waals surface area contributed by atoms with Crippen LogP contribution in [-0.2, 0) is 0 Å². The second kappa shape index (κ2) is 7.18. The summed E-state index contributed by atoms with van der Waals surface area (Å²) in [6, 6.07) is 0.904. The second-order valence-electron chi connectivity index (χ2n) is 9.36. The van der Waals surface area contributed by atoms with E-state index in [0.29, 0.717) is 19.6 Å². The van der Waals surface area contributed by atoms with Gasteiger partial charge in [-0.2, -0.15) is 0 Å². The van der Waals surface area contributed by atoms with Gasteiger partial charge >= 0.3 is 5.97 Å². The fraction of sp³-hybridized carbons (Fsp3) is 0.500. The predicted octanol–water partition coefficient (Wildman–Crippen LogP) is 3.87. The van der Waals surface area contributed by atoms with Crippen molar-refractivity contribution in [3.05, 3.63) is 39.7 Å². The van der Waals surface area contributed by atoms with Gasteiger partial charge in [0, 0.05) is 44.0 Å². The molecule has 0 atom stereocenters. The molecule has 1 aliphatic heterocycles. The summed E-state index contributed by atoms with van der Waals surface area (Å²) in [6.07, 6.45) is 4.61. The third-order valence-corrected chi connectivity index (χ3v) is 5.47. The molecule has 0 unspecified atom stereocenters. The van der Waals surface area contributed by atoms with Crippen LogP contribution in [0.5, 0.6) is 0 Å². The Labute approximate surface area is 172 Å². The molecular formula is C22H25F2N3O3. The highest BCUT2D eigenvalue weighted by molar-refractivity contribution is 5.94. The third kappa shape index (κ3) is 3.70. The molecule has 2 aliphatic rings. The van der Waals surface area contributed by atoms with E-state index in [1.165, 1.54) is 10.8 Å². The molecule has 1 saturated heterocycles. The number of aliphatic imine (C=N–C) groups is 1. The van der Waals surface area contributed by atoms with Crippen molar-refractivity contribution in [2.45, 2.75) is 39.7 Å². The van der Waals surface area contributed by atoms with E-state index in [0.717, 1.165) is 18.9 Å².